The van der Waals surface area contributed by atoms with Crippen LogP contribution >= 0.6 is 11.6 Å². The van der Waals surface area contributed by atoms with Crippen molar-refractivity contribution >= 4 is 29.2 Å². The third-order valence-electron chi connectivity index (χ3n) is 7.24. The van der Waals surface area contributed by atoms with Crippen LogP contribution in [0.15, 0.2) is 48.7 Å². The van der Waals surface area contributed by atoms with Crippen molar-refractivity contribution in [2.24, 2.45) is 0 Å². The van der Waals surface area contributed by atoms with E-state index in [4.69, 9.17) is 21.1 Å². The Hall–Kier alpha value is -3.83. The quantitative estimate of drug-likeness (QED) is 0.270. The lowest BCUT2D eigenvalue weighted by molar-refractivity contribution is -0.142. The van der Waals surface area contributed by atoms with Gasteiger partial charge in [0.1, 0.15) is 23.2 Å². The summed E-state index contributed by atoms with van der Waals surface area (Å²) in [6, 6.07) is 10.3. The lowest BCUT2D eigenvalue weighted by Crippen LogP contribution is -2.37. The summed E-state index contributed by atoms with van der Waals surface area (Å²) in [5.74, 6) is -0.665. The number of carbonyl (C=O) groups excluding carboxylic acids is 1. The van der Waals surface area contributed by atoms with Crippen LogP contribution in [0.25, 0.3) is 11.1 Å². The van der Waals surface area contributed by atoms with Gasteiger partial charge < -0.3 is 19.5 Å². The summed E-state index contributed by atoms with van der Waals surface area (Å²) in [5.41, 5.74) is 0.529. The van der Waals surface area contributed by atoms with Gasteiger partial charge in [-0.15, -0.1) is 0 Å². The topological polar surface area (TPSA) is 92.2 Å². The fraction of sp³-hybridized carbons (Fsp3) is 0.367. The average Bonchev–Trinajstić information content (AvgIpc) is 3.43. The zero-order valence-corrected chi connectivity index (χ0v) is 24.1. The van der Waals surface area contributed by atoms with Gasteiger partial charge in [0, 0.05) is 37.0 Å². The Morgan fingerprint density at radius 1 is 1.17 bits per heavy atom. The Morgan fingerprint density at radius 2 is 1.90 bits per heavy atom. The number of aliphatic carboxylic acids is 1. The Bertz CT molecular complexity index is 1470. The first-order valence-electron chi connectivity index (χ1n) is 13.3. The average molecular weight is 606 g/mol. The lowest BCUT2D eigenvalue weighted by atomic mass is 9.98. The first-order chi connectivity index (χ1) is 19.9. The van der Waals surface area contributed by atoms with Gasteiger partial charge in [0.25, 0.3) is 5.91 Å². The molecule has 1 fully saturated rings. The minimum Gasteiger partial charge on any atom is -0.495 e. The third-order valence-corrected chi connectivity index (χ3v) is 7.55. The summed E-state index contributed by atoms with van der Waals surface area (Å²) in [4.78, 5) is 32.2. The van der Waals surface area contributed by atoms with Crippen LogP contribution < -0.4 is 14.4 Å². The predicted octanol–water partition coefficient (Wildman–Crippen LogP) is 6.33. The molecule has 3 aromatic rings. The van der Waals surface area contributed by atoms with Crippen LogP contribution in [0.5, 0.6) is 11.5 Å². The highest BCUT2D eigenvalue weighted by Crippen LogP contribution is 2.39. The van der Waals surface area contributed by atoms with Crippen molar-refractivity contribution in [1.29, 1.82) is 0 Å². The Morgan fingerprint density at radius 3 is 2.57 bits per heavy atom. The number of alkyl halides is 3. The smallest absolute Gasteiger partial charge is 0.433 e. The number of benzene rings is 2. The molecule has 1 aliphatic rings. The predicted molar refractivity (Wildman–Crippen MR) is 152 cm³/mol. The normalized spacial score (nSPS) is 15.5. The molecule has 1 aromatic heterocycles. The highest BCUT2D eigenvalue weighted by atomic mass is 35.5. The molecule has 8 nitrogen and oxygen atoms in total. The molecule has 1 saturated heterocycles. The molecule has 1 aliphatic heterocycles. The van der Waals surface area contributed by atoms with E-state index in [2.05, 4.69) is 4.98 Å². The molecule has 2 heterocycles. The van der Waals surface area contributed by atoms with Crippen molar-refractivity contribution in [1.82, 2.24) is 9.88 Å². The van der Waals surface area contributed by atoms with Gasteiger partial charge in [0.05, 0.1) is 30.0 Å². The molecule has 0 saturated carbocycles. The zero-order chi connectivity index (χ0) is 30.6. The molecule has 0 spiro atoms. The summed E-state index contributed by atoms with van der Waals surface area (Å²) in [6.45, 7) is 2.88. The lowest BCUT2D eigenvalue weighted by Gasteiger charge is -2.23. The number of hydrogen-bond acceptors (Lipinski definition) is 6. The Labute approximate surface area is 246 Å². The molecule has 0 radical (unpaired) electrons. The van der Waals surface area contributed by atoms with E-state index >= 15 is 0 Å². The first-order valence-corrected chi connectivity index (χ1v) is 13.7. The maximum atomic E-state index is 13.9. The Balaban J connectivity index is 1.67. The molecule has 1 atom stereocenters. The van der Waals surface area contributed by atoms with Crippen LogP contribution in [0.1, 0.15) is 40.9 Å². The molecule has 2 aromatic carbocycles. The summed E-state index contributed by atoms with van der Waals surface area (Å²) >= 11 is 6.61. The highest BCUT2D eigenvalue weighted by molar-refractivity contribution is 6.34. The molecule has 42 heavy (non-hydrogen) atoms. The van der Waals surface area contributed by atoms with Gasteiger partial charge in [-0.2, -0.15) is 13.2 Å². The molecule has 4 rings (SSSR count). The zero-order valence-electron chi connectivity index (χ0n) is 23.4. The number of anilines is 1. The maximum Gasteiger partial charge on any atom is 0.433 e. The van der Waals surface area contributed by atoms with Crippen LogP contribution in [0.3, 0.4) is 0 Å². The molecule has 12 heteroatoms. The summed E-state index contributed by atoms with van der Waals surface area (Å²) in [5, 5.41) is 9.59. The number of likely N-dealkylation sites (tertiary alicyclic amines) is 1. The van der Waals surface area contributed by atoms with Crippen LogP contribution in [0.2, 0.25) is 5.02 Å². The van der Waals surface area contributed by atoms with Gasteiger partial charge in [0.2, 0.25) is 0 Å². The van der Waals surface area contributed by atoms with Crippen molar-refractivity contribution in [2.75, 3.05) is 38.8 Å². The van der Waals surface area contributed by atoms with Crippen molar-refractivity contribution in [3.63, 3.8) is 0 Å². The summed E-state index contributed by atoms with van der Waals surface area (Å²) in [6.07, 6.45) is -1.61. The number of amides is 1. The number of ether oxygens (including phenoxy) is 2. The minimum atomic E-state index is -4.61. The second-order valence-corrected chi connectivity index (χ2v) is 10.4. The Kier molecular flexibility index (Phi) is 9.63. The molecular formula is C30H31ClF3N3O5. The van der Waals surface area contributed by atoms with Gasteiger partial charge in [-0.05, 0) is 62.6 Å². The fourth-order valence-electron chi connectivity index (χ4n) is 5.06. The number of carbonyl (C=O) groups is 2. The number of carboxylic acids is 1. The van der Waals surface area contributed by atoms with Crippen LogP contribution in [0.4, 0.5) is 18.9 Å². The van der Waals surface area contributed by atoms with Crippen molar-refractivity contribution < 1.29 is 37.3 Å². The molecule has 224 valence electrons. The van der Waals surface area contributed by atoms with Crippen molar-refractivity contribution in [2.45, 2.75) is 38.4 Å². The number of rotatable bonds is 10. The minimum absolute atomic E-state index is 0.131. The van der Waals surface area contributed by atoms with E-state index in [1.165, 1.54) is 31.1 Å². The van der Waals surface area contributed by atoms with E-state index in [9.17, 15) is 27.9 Å². The standard InChI is InChI=1S/C30H31ClF3N3O5/c1-18-14-27(30(32,33)34)35-17-21(18)19-15-20(28(38)36(2)23-8-4-5-10-25(23)41-3)26(16-22(19)31)42-13-7-12-37-11-6-9-24(37)29(39)40/h4-5,8,10,14-17,24H,6-7,9,11-13H2,1-3H3,(H,39,40)/t24-/m0/s1. The molecule has 1 amide bonds. The van der Waals surface area contributed by atoms with Crippen molar-refractivity contribution in [3.05, 3.63) is 70.5 Å². The van der Waals surface area contributed by atoms with Gasteiger partial charge in [0.15, 0.2) is 0 Å². The number of hydrogen-bond donors (Lipinski definition) is 1. The van der Waals surface area contributed by atoms with E-state index in [1.807, 2.05) is 4.90 Å². The second-order valence-electron chi connectivity index (χ2n) is 9.98. The first kappa shape index (κ1) is 31.1. The number of carboxylic acid groups (broad SMARTS) is 1. The summed E-state index contributed by atoms with van der Waals surface area (Å²) in [7, 11) is 3.06. The number of halogens is 4. The summed E-state index contributed by atoms with van der Waals surface area (Å²) < 4.78 is 51.1. The van der Waals surface area contributed by atoms with Gasteiger partial charge in [-0.25, -0.2) is 0 Å². The molecule has 0 unspecified atom stereocenters. The number of aryl methyl sites for hydroxylation is 1. The van der Waals surface area contributed by atoms with E-state index in [0.717, 1.165) is 18.7 Å². The van der Waals surface area contributed by atoms with Gasteiger partial charge in [-0.3, -0.25) is 19.5 Å². The monoisotopic (exact) mass is 605 g/mol. The third kappa shape index (κ3) is 6.79. The largest absolute Gasteiger partial charge is 0.495 e. The maximum absolute atomic E-state index is 13.9. The highest BCUT2D eigenvalue weighted by Gasteiger charge is 2.33. The van der Waals surface area contributed by atoms with Crippen LogP contribution in [0, 0.1) is 6.92 Å². The number of methoxy groups -OCH3 is 1. The molecule has 0 bridgehead atoms. The van der Waals surface area contributed by atoms with E-state index in [1.54, 1.807) is 31.3 Å². The second kappa shape index (κ2) is 13.0. The van der Waals surface area contributed by atoms with E-state index in [-0.39, 0.29) is 28.5 Å². The van der Waals surface area contributed by atoms with Gasteiger partial charge >= 0.3 is 12.1 Å². The van der Waals surface area contributed by atoms with Crippen LogP contribution in [-0.2, 0) is 11.0 Å². The number of nitrogens with zero attached hydrogens (tertiary/aromatic N) is 3. The number of aromatic nitrogens is 1. The van der Waals surface area contributed by atoms with E-state index < -0.39 is 29.8 Å². The van der Waals surface area contributed by atoms with Gasteiger partial charge in [-0.1, -0.05) is 23.7 Å². The number of para-hydroxylation sites is 2. The van der Waals surface area contributed by atoms with Crippen LogP contribution in [-0.4, -0.2) is 66.8 Å². The molecule has 1 N–H and O–H groups in total. The fourth-order valence-corrected chi connectivity index (χ4v) is 5.32. The molecular weight excluding hydrogens is 575 g/mol. The SMILES string of the molecule is COc1ccccc1N(C)C(=O)c1cc(-c2cnc(C(F)(F)F)cc2C)c(Cl)cc1OCCCN1CCC[C@H]1C(=O)O. The number of pyridine rings is 1. The van der Waals surface area contributed by atoms with E-state index in [0.29, 0.717) is 48.5 Å². The molecule has 0 aliphatic carbocycles. The van der Waals surface area contributed by atoms with Crippen molar-refractivity contribution in [3.8, 4) is 22.6 Å².